The van der Waals surface area contributed by atoms with Gasteiger partial charge in [0, 0.05) is 18.6 Å². The van der Waals surface area contributed by atoms with Crippen molar-refractivity contribution in [2.24, 2.45) is 10.2 Å². The van der Waals surface area contributed by atoms with Crippen LogP contribution in [0, 0.1) is 6.92 Å². The second-order valence-corrected chi connectivity index (χ2v) is 6.27. The van der Waals surface area contributed by atoms with Gasteiger partial charge < -0.3 is 37.2 Å². The topological polar surface area (TPSA) is 61.7 Å². The van der Waals surface area contributed by atoms with Crippen LogP contribution < -0.4 is 48.1 Å². The molecule has 0 saturated heterocycles. The number of anilines is 2. The number of hydrogen-bond acceptors (Lipinski definition) is 5. The van der Waals surface area contributed by atoms with E-state index in [-0.39, 0.29) is 55.8 Å². The summed E-state index contributed by atoms with van der Waals surface area (Å²) in [6.07, 6.45) is 0. The first-order chi connectivity index (χ1) is 13.1. The number of hydrogen-bond donors (Lipinski definition) is 2. The Morgan fingerprint density at radius 2 is 1.03 bits per heavy atom. The second kappa shape index (κ2) is 15.7. The predicted molar refractivity (Wildman–Crippen MR) is 114 cm³/mol. The molecule has 9 heteroatoms. The second-order valence-electron chi connectivity index (χ2n) is 6.27. The fourth-order valence-electron chi connectivity index (χ4n) is 2.47. The molecule has 31 heavy (non-hydrogen) atoms. The van der Waals surface area contributed by atoms with E-state index in [0.717, 1.165) is 39.7 Å². The van der Waals surface area contributed by atoms with Gasteiger partial charge in [-0.3, -0.25) is 10.9 Å². The van der Waals surface area contributed by atoms with Gasteiger partial charge in [-0.15, -0.1) is 0 Å². The summed E-state index contributed by atoms with van der Waals surface area (Å²) in [5, 5.41) is 8.90. The Labute approximate surface area is 214 Å². The first-order valence-corrected chi connectivity index (χ1v) is 8.82. The zero-order chi connectivity index (χ0) is 19.1. The van der Waals surface area contributed by atoms with Crippen molar-refractivity contribution in [2.75, 3.05) is 10.9 Å². The van der Waals surface area contributed by atoms with E-state index >= 15 is 0 Å². The quantitative estimate of drug-likeness (QED) is 0.261. The van der Waals surface area contributed by atoms with Gasteiger partial charge in [0.05, 0.1) is 34.2 Å². The van der Waals surface area contributed by atoms with Gasteiger partial charge in [0.1, 0.15) is 0 Å². The number of rotatable bonds is 6. The standard InChI is InChI=1S/C22H23N5.3ClH.V/c1-16-14-21(17(2)24-26-19-10-6-4-7-11-19)23-22(15-16)18(3)25-27-20-12-8-5-9-13-20;;;;/h4-15,26-27H,1-3H3;3*1H;/p-3. The van der Waals surface area contributed by atoms with Crippen LogP contribution in [0.3, 0.4) is 0 Å². The van der Waals surface area contributed by atoms with Crippen molar-refractivity contribution in [3.8, 4) is 0 Å². The fourth-order valence-corrected chi connectivity index (χ4v) is 2.47. The number of benzene rings is 2. The number of aryl methyl sites for hydroxylation is 1. The van der Waals surface area contributed by atoms with Gasteiger partial charge in [0.15, 0.2) is 0 Å². The summed E-state index contributed by atoms with van der Waals surface area (Å²) in [5.74, 6) is 0. The molecule has 5 nitrogen and oxygen atoms in total. The van der Waals surface area contributed by atoms with E-state index in [0.29, 0.717) is 0 Å². The molecule has 0 amide bonds. The summed E-state index contributed by atoms with van der Waals surface area (Å²) in [7, 11) is 0. The molecule has 0 unspecified atom stereocenters. The molecule has 1 heterocycles. The molecule has 3 rings (SSSR count). The maximum atomic E-state index is 4.72. The van der Waals surface area contributed by atoms with E-state index in [9.17, 15) is 0 Å². The maximum Gasteiger partial charge on any atom is 0.0870 e. The minimum absolute atomic E-state index is 0. The molecule has 2 N–H and O–H groups in total. The fraction of sp³-hybridized carbons (Fsp3) is 0.136. The zero-order valence-corrected chi connectivity index (χ0v) is 21.0. The normalized spacial score (nSPS) is 10.4. The summed E-state index contributed by atoms with van der Waals surface area (Å²) >= 11 is 0. The van der Waals surface area contributed by atoms with Gasteiger partial charge in [-0.1, -0.05) is 36.4 Å². The van der Waals surface area contributed by atoms with Crippen LogP contribution in [0.1, 0.15) is 30.8 Å². The maximum absolute atomic E-state index is 4.72. The van der Waals surface area contributed by atoms with Crippen molar-refractivity contribution in [3.63, 3.8) is 0 Å². The molecule has 0 aliphatic heterocycles. The summed E-state index contributed by atoms with van der Waals surface area (Å²) in [4.78, 5) is 4.72. The van der Waals surface area contributed by atoms with Gasteiger partial charge in [-0.25, -0.2) is 4.98 Å². The molecule has 3 aromatic rings. The van der Waals surface area contributed by atoms with Crippen LogP contribution in [0.5, 0.6) is 0 Å². The molecule has 0 fully saturated rings. The van der Waals surface area contributed by atoms with E-state index in [4.69, 9.17) is 4.98 Å². The molecule has 0 aliphatic rings. The summed E-state index contributed by atoms with van der Waals surface area (Å²) in [5.41, 5.74) is 12.4. The van der Waals surface area contributed by atoms with E-state index in [1.54, 1.807) is 0 Å². The molecular formula is C22H23Cl3N5V-3. The minimum Gasteiger partial charge on any atom is -1.00 e. The number of hydrazone groups is 2. The Hall–Kier alpha value is -2.02. The number of para-hydroxylation sites is 2. The van der Waals surface area contributed by atoms with Gasteiger partial charge in [0.25, 0.3) is 0 Å². The van der Waals surface area contributed by atoms with Crippen molar-refractivity contribution in [1.82, 2.24) is 4.98 Å². The molecule has 0 atom stereocenters. The van der Waals surface area contributed by atoms with Crippen LogP contribution in [0.25, 0.3) is 0 Å². The molecule has 1 aromatic heterocycles. The molecule has 0 saturated carbocycles. The van der Waals surface area contributed by atoms with Gasteiger partial charge in [-0.05, 0) is 62.7 Å². The summed E-state index contributed by atoms with van der Waals surface area (Å²) in [6, 6.07) is 23.7. The van der Waals surface area contributed by atoms with Gasteiger partial charge >= 0.3 is 0 Å². The number of nitrogens with zero attached hydrogens (tertiary/aromatic N) is 3. The van der Waals surface area contributed by atoms with Gasteiger partial charge in [-0.2, -0.15) is 10.2 Å². The molecule has 165 valence electrons. The van der Waals surface area contributed by atoms with Crippen LogP contribution in [0.2, 0.25) is 0 Å². The van der Waals surface area contributed by atoms with E-state index < -0.39 is 0 Å². The van der Waals surface area contributed by atoms with Crippen LogP contribution >= 0.6 is 0 Å². The van der Waals surface area contributed by atoms with E-state index in [1.165, 1.54) is 0 Å². The van der Waals surface area contributed by atoms with Gasteiger partial charge in [0.2, 0.25) is 0 Å². The monoisotopic (exact) mass is 513 g/mol. The number of halogens is 3. The average Bonchev–Trinajstić information content (AvgIpc) is 2.71. The Bertz CT molecular complexity index is 892. The SMILES string of the molecule is CC(=NNc1ccccc1)c1cc(C)cc(C(C)=NNc2ccccc2)n1.[Cl-].[Cl-].[Cl-].[V]. The molecule has 0 bridgehead atoms. The van der Waals surface area contributed by atoms with Crippen molar-refractivity contribution >= 4 is 22.8 Å². The Morgan fingerprint density at radius 1 is 0.677 bits per heavy atom. The first-order valence-electron chi connectivity index (χ1n) is 8.82. The smallest absolute Gasteiger partial charge is 0.0870 e. The third-order valence-electron chi connectivity index (χ3n) is 3.96. The summed E-state index contributed by atoms with van der Waals surface area (Å²) in [6.45, 7) is 5.93. The van der Waals surface area contributed by atoms with Crippen molar-refractivity contribution in [3.05, 3.63) is 89.7 Å². The molecular weight excluding hydrogens is 492 g/mol. The Balaban J connectivity index is 0. The molecule has 0 spiro atoms. The van der Waals surface area contributed by atoms with Crippen LogP contribution in [0.15, 0.2) is 83.0 Å². The predicted octanol–water partition coefficient (Wildman–Crippen LogP) is -3.93. The van der Waals surface area contributed by atoms with Crippen LogP contribution in [-0.4, -0.2) is 16.4 Å². The Morgan fingerprint density at radius 3 is 1.39 bits per heavy atom. The molecule has 0 aliphatic carbocycles. The third kappa shape index (κ3) is 9.77. The summed E-state index contributed by atoms with van der Waals surface area (Å²) < 4.78 is 0. The van der Waals surface area contributed by atoms with E-state index in [2.05, 4.69) is 21.1 Å². The van der Waals surface area contributed by atoms with Crippen molar-refractivity contribution in [2.45, 2.75) is 20.8 Å². The Kier molecular flexibility index (Phi) is 15.8. The zero-order valence-electron chi connectivity index (χ0n) is 17.4. The molecule has 2 aromatic carbocycles. The minimum atomic E-state index is 0. The largest absolute Gasteiger partial charge is 1.00 e. The molecule has 1 radical (unpaired) electrons. The number of aromatic nitrogens is 1. The van der Waals surface area contributed by atoms with Crippen molar-refractivity contribution < 1.29 is 55.8 Å². The van der Waals surface area contributed by atoms with Crippen LogP contribution in [-0.2, 0) is 18.6 Å². The van der Waals surface area contributed by atoms with E-state index in [1.807, 2.05) is 93.6 Å². The number of nitrogens with one attached hydrogen (secondary N) is 2. The third-order valence-corrected chi connectivity index (χ3v) is 3.96. The van der Waals surface area contributed by atoms with Crippen LogP contribution in [0.4, 0.5) is 11.4 Å². The van der Waals surface area contributed by atoms with Crippen molar-refractivity contribution in [1.29, 1.82) is 0 Å². The first kappa shape index (κ1) is 31.2. The average molecular weight is 515 g/mol. The number of pyridine rings is 1.